The van der Waals surface area contributed by atoms with Gasteiger partial charge in [-0.3, -0.25) is 39.8 Å². The Hall–Kier alpha value is -6.56. The van der Waals surface area contributed by atoms with Crippen molar-refractivity contribution in [2.24, 2.45) is 9.98 Å². The van der Waals surface area contributed by atoms with Gasteiger partial charge in [0.25, 0.3) is 11.4 Å². The van der Waals surface area contributed by atoms with Crippen LogP contribution in [0.25, 0.3) is 0 Å². The first-order valence-corrected chi connectivity index (χ1v) is 14.8. The van der Waals surface area contributed by atoms with Crippen LogP contribution in [0.3, 0.4) is 0 Å². The van der Waals surface area contributed by atoms with Crippen LogP contribution in [0.15, 0.2) is 130 Å². The number of nitrogens with zero attached hydrogens (tertiary/aromatic N) is 4. The van der Waals surface area contributed by atoms with Gasteiger partial charge in [-0.05, 0) is 76.2 Å². The molecule has 0 saturated carbocycles. The third kappa shape index (κ3) is 6.97. The molecule has 4 aromatic carbocycles. The Morgan fingerprint density at radius 1 is 0.542 bits per heavy atom. The molecule has 5 rings (SSSR count). The Labute approximate surface area is 275 Å². The molecule has 0 unspecified atom stereocenters. The first-order valence-electron chi connectivity index (χ1n) is 14.8. The number of Topliss-reactive ketones (excluding diaryl/α,β-unsaturated/α-hetero) is 2. The van der Waals surface area contributed by atoms with Gasteiger partial charge in [0.1, 0.15) is 0 Å². The van der Waals surface area contributed by atoms with Crippen molar-refractivity contribution in [2.45, 2.75) is 27.7 Å². The smallest absolute Gasteiger partial charge is 0.269 e. The van der Waals surface area contributed by atoms with E-state index in [4.69, 9.17) is 9.98 Å². The molecular formula is C36H30N6O6. The Balaban J connectivity index is 1.70. The number of anilines is 2. The second-order valence-electron chi connectivity index (χ2n) is 10.9. The molecule has 1 heterocycles. The number of nitrogens with one attached hydrogen (secondary N) is 2. The van der Waals surface area contributed by atoms with Gasteiger partial charge in [0.05, 0.1) is 55.2 Å². The number of rotatable bonds is 6. The zero-order chi connectivity index (χ0) is 34.5. The quantitative estimate of drug-likeness (QED) is 0.120. The number of hydrogen-bond acceptors (Lipinski definition) is 10. The predicted octanol–water partition coefficient (Wildman–Crippen LogP) is 8.54. The molecular weight excluding hydrogens is 612 g/mol. The summed E-state index contributed by atoms with van der Waals surface area (Å²) in [4.78, 5) is 59.1. The van der Waals surface area contributed by atoms with E-state index in [1.807, 2.05) is 0 Å². The van der Waals surface area contributed by atoms with Crippen LogP contribution in [-0.2, 0) is 0 Å². The standard InChI is InChI=1S/C36H30N6O6/c1-21-33(35(43)25-13-17-27(18-14-25)41(45)46)22(2)38-31-11-7-8-12-32(31)40-24(4)34(23(3)39-30-10-6-5-9-29(30)37-21)36(44)26-15-19-28(20-16-26)42(47)48/h5-20,37,40H,1-4H3/b33-21+,34-24+,38-22?,39-23?. The maximum absolute atomic E-state index is 14.0. The summed E-state index contributed by atoms with van der Waals surface area (Å²) in [5.41, 5.74) is 4.42. The third-order valence-corrected chi connectivity index (χ3v) is 7.64. The molecule has 240 valence electrons. The van der Waals surface area contributed by atoms with Crippen molar-refractivity contribution in [3.63, 3.8) is 0 Å². The molecule has 0 amide bonds. The highest BCUT2D eigenvalue weighted by Gasteiger charge is 2.23. The van der Waals surface area contributed by atoms with Gasteiger partial charge in [0, 0.05) is 46.8 Å². The molecule has 12 nitrogen and oxygen atoms in total. The molecule has 0 radical (unpaired) electrons. The van der Waals surface area contributed by atoms with E-state index in [1.54, 1.807) is 76.2 Å². The van der Waals surface area contributed by atoms with Crippen molar-refractivity contribution in [3.05, 3.63) is 151 Å². The van der Waals surface area contributed by atoms with Crippen molar-refractivity contribution in [1.29, 1.82) is 0 Å². The van der Waals surface area contributed by atoms with Crippen molar-refractivity contribution in [2.75, 3.05) is 10.6 Å². The fraction of sp³-hybridized carbons (Fsp3) is 0.111. The highest BCUT2D eigenvalue weighted by molar-refractivity contribution is 6.29. The Morgan fingerprint density at radius 2 is 0.875 bits per heavy atom. The first-order chi connectivity index (χ1) is 22.9. The lowest BCUT2D eigenvalue weighted by Crippen LogP contribution is -2.18. The molecule has 12 heteroatoms. The number of ketones is 2. The summed E-state index contributed by atoms with van der Waals surface area (Å²) in [5.74, 6) is -0.782. The number of nitro groups is 2. The minimum Gasteiger partial charge on any atom is -0.357 e. The molecule has 4 aromatic rings. The lowest BCUT2D eigenvalue weighted by Gasteiger charge is -2.19. The first kappa shape index (κ1) is 32.8. The number of non-ortho nitro benzene ring substituents is 2. The summed E-state index contributed by atoms with van der Waals surface area (Å²) in [5, 5.41) is 29.1. The van der Waals surface area contributed by atoms with E-state index >= 15 is 0 Å². The molecule has 0 fully saturated rings. The Kier molecular flexibility index (Phi) is 9.46. The van der Waals surface area contributed by atoms with Crippen molar-refractivity contribution >= 4 is 57.1 Å². The van der Waals surface area contributed by atoms with E-state index < -0.39 is 21.4 Å². The topological polar surface area (TPSA) is 169 Å². The molecule has 0 atom stereocenters. The zero-order valence-electron chi connectivity index (χ0n) is 26.5. The van der Waals surface area contributed by atoms with Gasteiger partial charge in [-0.1, -0.05) is 24.3 Å². The average Bonchev–Trinajstić information content (AvgIpc) is 3.06. The summed E-state index contributed by atoms with van der Waals surface area (Å²) < 4.78 is 0. The van der Waals surface area contributed by atoms with Gasteiger partial charge in [0.15, 0.2) is 11.6 Å². The lowest BCUT2D eigenvalue weighted by atomic mass is 9.97. The molecule has 0 bridgehead atoms. The SMILES string of the molecule is CC1=Nc2ccccc2N/C(C)=C(/C(=O)c2ccc([N+](=O)[O-])cc2)C(C)=Nc2ccccc2N/C(C)=C\1C(=O)c1ccc([N+](=O)[O-])cc1. The number of para-hydroxylation sites is 4. The molecule has 1 aliphatic heterocycles. The molecule has 0 aliphatic carbocycles. The molecule has 0 spiro atoms. The largest absolute Gasteiger partial charge is 0.357 e. The lowest BCUT2D eigenvalue weighted by molar-refractivity contribution is -0.385. The minimum atomic E-state index is -0.529. The molecule has 48 heavy (non-hydrogen) atoms. The summed E-state index contributed by atoms with van der Waals surface area (Å²) in [6.07, 6.45) is 0. The van der Waals surface area contributed by atoms with Gasteiger partial charge in [0.2, 0.25) is 0 Å². The second kappa shape index (κ2) is 13.8. The van der Waals surface area contributed by atoms with Crippen molar-refractivity contribution in [3.8, 4) is 0 Å². The second-order valence-corrected chi connectivity index (χ2v) is 10.9. The van der Waals surface area contributed by atoms with E-state index in [0.717, 1.165) is 0 Å². The van der Waals surface area contributed by atoms with E-state index in [2.05, 4.69) is 10.6 Å². The Morgan fingerprint density at radius 3 is 1.21 bits per heavy atom. The fourth-order valence-electron chi connectivity index (χ4n) is 5.33. The number of hydrogen-bond donors (Lipinski definition) is 2. The van der Waals surface area contributed by atoms with Crippen LogP contribution >= 0.6 is 0 Å². The number of aliphatic imine (C=N–C) groups is 2. The van der Waals surface area contributed by atoms with Crippen molar-refractivity contribution < 1.29 is 19.4 Å². The van der Waals surface area contributed by atoms with Gasteiger partial charge >= 0.3 is 0 Å². The van der Waals surface area contributed by atoms with Crippen molar-refractivity contribution in [1.82, 2.24) is 0 Å². The van der Waals surface area contributed by atoms with Gasteiger partial charge in [-0.15, -0.1) is 0 Å². The summed E-state index contributed by atoms with van der Waals surface area (Å²) >= 11 is 0. The van der Waals surface area contributed by atoms with Crippen LogP contribution in [0.5, 0.6) is 0 Å². The van der Waals surface area contributed by atoms with Crippen LogP contribution in [-0.4, -0.2) is 32.8 Å². The maximum Gasteiger partial charge on any atom is 0.269 e. The molecule has 0 saturated heterocycles. The number of carbonyl (C=O) groups is 2. The van der Waals surface area contributed by atoms with Crippen LogP contribution in [0.2, 0.25) is 0 Å². The maximum atomic E-state index is 14.0. The number of allylic oxidation sites excluding steroid dienone is 4. The average molecular weight is 643 g/mol. The summed E-state index contributed by atoms with van der Waals surface area (Å²) in [6, 6.07) is 25.0. The van der Waals surface area contributed by atoms with Gasteiger partial charge < -0.3 is 10.6 Å². The number of nitro benzene ring substituents is 2. The van der Waals surface area contributed by atoms with E-state index in [1.165, 1.54) is 48.5 Å². The van der Waals surface area contributed by atoms with Gasteiger partial charge in [-0.2, -0.15) is 0 Å². The molecule has 1 aliphatic rings. The third-order valence-electron chi connectivity index (χ3n) is 7.64. The highest BCUT2D eigenvalue weighted by atomic mass is 16.6. The van der Waals surface area contributed by atoms with Crippen LogP contribution < -0.4 is 10.6 Å². The zero-order valence-corrected chi connectivity index (χ0v) is 26.5. The van der Waals surface area contributed by atoms with E-state index in [-0.39, 0.29) is 33.6 Å². The monoisotopic (exact) mass is 642 g/mol. The molecule has 0 aromatic heterocycles. The van der Waals surface area contributed by atoms with Crippen LogP contribution in [0, 0.1) is 20.2 Å². The van der Waals surface area contributed by atoms with E-state index in [9.17, 15) is 29.8 Å². The van der Waals surface area contributed by atoms with E-state index in [0.29, 0.717) is 45.6 Å². The summed E-state index contributed by atoms with van der Waals surface area (Å²) in [7, 11) is 0. The number of fused-ring (bicyclic) bond motifs is 2. The fourth-order valence-corrected chi connectivity index (χ4v) is 5.33. The summed E-state index contributed by atoms with van der Waals surface area (Å²) in [6.45, 7) is 6.86. The van der Waals surface area contributed by atoms with Crippen LogP contribution in [0.4, 0.5) is 34.1 Å². The van der Waals surface area contributed by atoms with Gasteiger partial charge in [-0.25, -0.2) is 0 Å². The normalized spacial score (nSPS) is 16.5. The minimum absolute atomic E-state index is 0.135. The predicted molar refractivity (Wildman–Crippen MR) is 186 cm³/mol. The Bertz CT molecular complexity index is 1940. The number of benzene rings is 4. The number of carbonyl (C=O) groups excluding carboxylic acids is 2. The molecule has 2 N–H and O–H groups in total. The highest BCUT2D eigenvalue weighted by Crippen LogP contribution is 2.32. The van der Waals surface area contributed by atoms with Crippen LogP contribution in [0.1, 0.15) is 48.4 Å².